The molecule has 6 nitrogen and oxygen atoms in total. The van der Waals surface area contributed by atoms with Gasteiger partial charge in [-0.15, -0.1) is 0 Å². The number of nitrogens with zero attached hydrogens (tertiary/aromatic N) is 3. The summed E-state index contributed by atoms with van der Waals surface area (Å²) in [5.41, 5.74) is 7.17. The fourth-order valence-electron chi connectivity index (χ4n) is 1.87. The topological polar surface area (TPSA) is 79.5 Å². The number of aromatic nitrogens is 1. The lowest BCUT2D eigenvalue weighted by atomic mass is 10.1. The van der Waals surface area contributed by atoms with Crippen LogP contribution >= 0.6 is 0 Å². The summed E-state index contributed by atoms with van der Waals surface area (Å²) in [6, 6.07) is 1.60. The van der Waals surface area contributed by atoms with Crippen LogP contribution in [0.5, 0.6) is 0 Å². The van der Waals surface area contributed by atoms with E-state index < -0.39 is 0 Å². The van der Waals surface area contributed by atoms with E-state index in [0.717, 1.165) is 0 Å². The van der Waals surface area contributed by atoms with Crippen LogP contribution in [0.25, 0.3) is 0 Å². The molecule has 18 heavy (non-hydrogen) atoms. The minimum atomic E-state index is -0.186. The number of carbonyl (C=O) groups excluding carboxylic acids is 2. The molecule has 96 valence electrons. The third-order valence-corrected chi connectivity index (χ3v) is 3.08. The fourth-order valence-corrected chi connectivity index (χ4v) is 1.87. The third kappa shape index (κ3) is 2.27. The fraction of sp³-hybridized carbons (Fsp3) is 0.417. The van der Waals surface area contributed by atoms with Gasteiger partial charge in [-0.1, -0.05) is 0 Å². The summed E-state index contributed by atoms with van der Waals surface area (Å²) in [5.74, 6) is -0.238. The van der Waals surface area contributed by atoms with Crippen LogP contribution in [0.4, 0.5) is 5.69 Å². The van der Waals surface area contributed by atoms with Crippen LogP contribution in [0.2, 0.25) is 0 Å². The van der Waals surface area contributed by atoms with Gasteiger partial charge < -0.3 is 15.5 Å². The summed E-state index contributed by atoms with van der Waals surface area (Å²) in [6.07, 6.45) is 1.52. The van der Waals surface area contributed by atoms with Crippen molar-refractivity contribution in [1.82, 2.24) is 14.8 Å². The minimum absolute atomic E-state index is 0.0517. The molecule has 0 spiro atoms. The maximum Gasteiger partial charge on any atom is 0.256 e. The van der Waals surface area contributed by atoms with Crippen molar-refractivity contribution in [2.75, 3.05) is 32.4 Å². The van der Waals surface area contributed by atoms with Gasteiger partial charge in [0.2, 0.25) is 5.91 Å². The molecule has 0 atom stereocenters. The molecule has 0 saturated carbocycles. The molecular formula is C12H16N4O2. The van der Waals surface area contributed by atoms with Crippen LogP contribution in [-0.4, -0.2) is 53.3 Å². The van der Waals surface area contributed by atoms with Gasteiger partial charge in [0.15, 0.2) is 0 Å². The molecule has 2 N–H and O–H groups in total. The van der Waals surface area contributed by atoms with E-state index in [4.69, 9.17) is 5.73 Å². The van der Waals surface area contributed by atoms with Gasteiger partial charge in [0.1, 0.15) is 6.54 Å². The smallest absolute Gasteiger partial charge is 0.256 e. The van der Waals surface area contributed by atoms with E-state index in [2.05, 4.69) is 4.98 Å². The standard InChI is InChI=1S/C12H16N4O2/c1-8-10(5-9(13)6-14-8)12(18)16-4-3-15(2)11(17)7-16/h5-6H,3-4,7,13H2,1-2H3. The average Bonchev–Trinajstić information content (AvgIpc) is 2.35. The second-order valence-corrected chi connectivity index (χ2v) is 4.44. The summed E-state index contributed by atoms with van der Waals surface area (Å²) in [7, 11) is 1.73. The summed E-state index contributed by atoms with van der Waals surface area (Å²) in [4.78, 5) is 31.1. The zero-order chi connectivity index (χ0) is 13.3. The number of nitrogens with two attached hydrogens (primary N) is 1. The van der Waals surface area contributed by atoms with Gasteiger partial charge in [-0.05, 0) is 13.0 Å². The number of rotatable bonds is 1. The number of pyridine rings is 1. The molecule has 0 aromatic carbocycles. The highest BCUT2D eigenvalue weighted by Gasteiger charge is 2.26. The summed E-state index contributed by atoms with van der Waals surface area (Å²) in [6.45, 7) is 2.96. The van der Waals surface area contributed by atoms with Crippen molar-refractivity contribution in [2.24, 2.45) is 0 Å². The molecule has 1 aromatic heterocycles. The SMILES string of the molecule is Cc1ncc(N)cc1C(=O)N1CCN(C)C(=O)C1. The van der Waals surface area contributed by atoms with E-state index >= 15 is 0 Å². The molecule has 2 heterocycles. The van der Waals surface area contributed by atoms with Crippen molar-refractivity contribution >= 4 is 17.5 Å². The molecule has 0 unspecified atom stereocenters. The summed E-state index contributed by atoms with van der Waals surface area (Å²) < 4.78 is 0. The number of amides is 2. The molecule has 1 fully saturated rings. The van der Waals surface area contributed by atoms with Crippen molar-refractivity contribution in [2.45, 2.75) is 6.92 Å². The van der Waals surface area contributed by atoms with Crippen molar-refractivity contribution in [1.29, 1.82) is 0 Å². The van der Waals surface area contributed by atoms with Crippen molar-refractivity contribution in [3.8, 4) is 0 Å². The Morgan fingerprint density at radius 1 is 1.44 bits per heavy atom. The molecule has 0 radical (unpaired) electrons. The van der Waals surface area contributed by atoms with E-state index in [-0.39, 0.29) is 18.4 Å². The maximum absolute atomic E-state index is 12.3. The lowest BCUT2D eigenvalue weighted by molar-refractivity contribution is -0.133. The Kier molecular flexibility index (Phi) is 3.18. The monoisotopic (exact) mass is 248 g/mol. The van der Waals surface area contributed by atoms with Gasteiger partial charge in [-0.25, -0.2) is 0 Å². The number of aryl methyl sites for hydroxylation is 1. The summed E-state index contributed by atoms with van der Waals surface area (Å²) in [5, 5.41) is 0. The number of piperazine rings is 1. The Morgan fingerprint density at radius 2 is 2.17 bits per heavy atom. The van der Waals surface area contributed by atoms with Crippen molar-refractivity contribution in [3.05, 3.63) is 23.5 Å². The Balaban J connectivity index is 2.21. The Hall–Kier alpha value is -2.11. The van der Waals surface area contributed by atoms with Crippen LogP contribution in [0.15, 0.2) is 12.3 Å². The van der Waals surface area contributed by atoms with Crippen LogP contribution in [-0.2, 0) is 4.79 Å². The quantitative estimate of drug-likeness (QED) is 0.752. The molecule has 0 aliphatic carbocycles. The van der Waals surface area contributed by atoms with E-state index in [0.29, 0.717) is 30.0 Å². The summed E-state index contributed by atoms with van der Waals surface area (Å²) >= 11 is 0. The molecular weight excluding hydrogens is 232 g/mol. The first-order chi connectivity index (χ1) is 8.49. The van der Waals surface area contributed by atoms with Crippen LogP contribution in [0.3, 0.4) is 0 Å². The van der Waals surface area contributed by atoms with Crippen LogP contribution in [0.1, 0.15) is 16.1 Å². The van der Waals surface area contributed by atoms with Crippen molar-refractivity contribution < 1.29 is 9.59 Å². The minimum Gasteiger partial charge on any atom is -0.397 e. The highest BCUT2D eigenvalue weighted by atomic mass is 16.2. The maximum atomic E-state index is 12.3. The lowest BCUT2D eigenvalue weighted by Crippen LogP contribution is -2.50. The van der Waals surface area contributed by atoms with Crippen molar-refractivity contribution in [3.63, 3.8) is 0 Å². The Bertz CT molecular complexity index is 501. The lowest BCUT2D eigenvalue weighted by Gasteiger charge is -2.32. The first-order valence-electron chi connectivity index (χ1n) is 5.74. The van der Waals surface area contributed by atoms with E-state index in [1.54, 1.807) is 24.9 Å². The second-order valence-electron chi connectivity index (χ2n) is 4.44. The molecule has 2 amide bonds. The number of hydrogen-bond donors (Lipinski definition) is 1. The normalized spacial score (nSPS) is 16.0. The average molecular weight is 248 g/mol. The number of hydrogen-bond acceptors (Lipinski definition) is 4. The predicted molar refractivity (Wildman–Crippen MR) is 66.9 cm³/mol. The molecule has 6 heteroatoms. The number of anilines is 1. The van der Waals surface area contributed by atoms with E-state index in [1.165, 1.54) is 11.1 Å². The van der Waals surface area contributed by atoms with Gasteiger partial charge in [0.25, 0.3) is 5.91 Å². The highest BCUT2D eigenvalue weighted by Crippen LogP contribution is 2.14. The largest absolute Gasteiger partial charge is 0.397 e. The first-order valence-corrected chi connectivity index (χ1v) is 5.74. The molecule has 1 aliphatic rings. The van der Waals surface area contributed by atoms with Crippen LogP contribution in [0, 0.1) is 6.92 Å². The molecule has 1 aromatic rings. The Labute approximate surface area is 105 Å². The van der Waals surface area contributed by atoms with Gasteiger partial charge in [0.05, 0.1) is 23.1 Å². The number of nitrogen functional groups attached to an aromatic ring is 1. The van der Waals surface area contributed by atoms with Gasteiger partial charge >= 0.3 is 0 Å². The highest BCUT2D eigenvalue weighted by molar-refractivity contribution is 5.98. The predicted octanol–water partition coefficient (Wildman–Crippen LogP) is -0.114. The molecule has 0 bridgehead atoms. The first kappa shape index (κ1) is 12.3. The third-order valence-electron chi connectivity index (χ3n) is 3.08. The molecule has 1 aliphatic heterocycles. The van der Waals surface area contributed by atoms with Gasteiger partial charge in [-0.2, -0.15) is 0 Å². The number of carbonyl (C=O) groups is 2. The van der Waals surface area contributed by atoms with E-state index in [1.807, 2.05) is 0 Å². The number of likely N-dealkylation sites (N-methyl/N-ethyl adjacent to an activating group) is 1. The van der Waals surface area contributed by atoms with Crippen LogP contribution < -0.4 is 5.73 Å². The van der Waals surface area contributed by atoms with E-state index in [9.17, 15) is 9.59 Å². The molecule has 2 rings (SSSR count). The van der Waals surface area contributed by atoms with Gasteiger partial charge in [0, 0.05) is 20.1 Å². The molecule has 1 saturated heterocycles. The zero-order valence-corrected chi connectivity index (χ0v) is 10.5. The zero-order valence-electron chi connectivity index (χ0n) is 10.5. The van der Waals surface area contributed by atoms with Gasteiger partial charge in [-0.3, -0.25) is 14.6 Å². The second kappa shape index (κ2) is 4.64. The Morgan fingerprint density at radius 3 is 2.83 bits per heavy atom.